The average molecular weight is 353 g/mol. The monoisotopic (exact) mass is 352 g/mol. The van der Waals surface area contributed by atoms with E-state index in [1.54, 1.807) is 0 Å². The molecule has 0 saturated carbocycles. The number of carbonyl (C=O) groups excluding carboxylic acids is 1. The number of ether oxygens (including phenoxy) is 1. The lowest BCUT2D eigenvalue weighted by molar-refractivity contribution is -0.147. The quantitative estimate of drug-likeness (QED) is 0.315. The van der Waals surface area contributed by atoms with E-state index in [9.17, 15) is 4.79 Å². The van der Waals surface area contributed by atoms with Crippen molar-refractivity contribution in [2.75, 3.05) is 0 Å². The lowest BCUT2D eigenvalue weighted by atomic mass is 9.93. The molecular formula is C24H32O2. The van der Waals surface area contributed by atoms with E-state index < -0.39 is 0 Å². The molecule has 0 saturated heterocycles. The van der Waals surface area contributed by atoms with E-state index in [1.165, 1.54) is 38.5 Å². The highest BCUT2D eigenvalue weighted by Crippen LogP contribution is 2.25. The van der Waals surface area contributed by atoms with Crippen molar-refractivity contribution in [2.24, 2.45) is 0 Å². The molecular weight excluding hydrogens is 320 g/mol. The Bertz CT molecular complexity index is 607. The van der Waals surface area contributed by atoms with Crippen LogP contribution < -0.4 is 0 Å². The topological polar surface area (TPSA) is 26.3 Å². The summed E-state index contributed by atoms with van der Waals surface area (Å²) in [7, 11) is 0. The van der Waals surface area contributed by atoms with Gasteiger partial charge >= 0.3 is 5.97 Å². The fourth-order valence-electron chi connectivity index (χ4n) is 3.24. The fraction of sp³-hybridized carbons (Fsp3) is 0.458. The molecule has 2 aromatic rings. The Hall–Kier alpha value is -2.09. The van der Waals surface area contributed by atoms with Crippen LogP contribution in [-0.4, -0.2) is 5.97 Å². The molecule has 0 amide bonds. The molecule has 0 radical (unpaired) electrons. The van der Waals surface area contributed by atoms with Gasteiger partial charge in [-0.25, -0.2) is 0 Å². The summed E-state index contributed by atoms with van der Waals surface area (Å²) in [6.45, 7) is 2.59. The smallest absolute Gasteiger partial charge is 0.313 e. The Morgan fingerprint density at radius 1 is 0.808 bits per heavy atom. The maximum Gasteiger partial charge on any atom is 0.313 e. The van der Waals surface area contributed by atoms with E-state index in [0.29, 0.717) is 6.61 Å². The first kappa shape index (κ1) is 20.2. The van der Waals surface area contributed by atoms with Gasteiger partial charge in [0.05, 0.1) is 5.92 Å². The van der Waals surface area contributed by atoms with Crippen LogP contribution in [0.4, 0.5) is 0 Å². The Morgan fingerprint density at radius 2 is 1.38 bits per heavy atom. The van der Waals surface area contributed by atoms with Crippen LogP contribution in [0.15, 0.2) is 60.7 Å². The van der Waals surface area contributed by atoms with E-state index in [-0.39, 0.29) is 11.9 Å². The predicted octanol–water partition coefficient (Wildman–Crippen LogP) is 6.65. The zero-order valence-corrected chi connectivity index (χ0v) is 16.0. The molecule has 2 nitrogen and oxygen atoms in total. The Morgan fingerprint density at radius 3 is 2.04 bits per heavy atom. The summed E-state index contributed by atoms with van der Waals surface area (Å²) in [5.74, 6) is -0.262. The lowest BCUT2D eigenvalue weighted by Crippen LogP contribution is -2.16. The van der Waals surface area contributed by atoms with E-state index in [1.807, 2.05) is 60.7 Å². The highest BCUT2D eigenvalue weighted by Gasteiger charge is 2.21. The van der Waals surface area contributed by atoms with Gasteiger partial charge in [0.15, 0.2) is 0 Å². The lowest BCUT2D eigenvalue weighted by Gasteiger charge is -2.16. The van der Waals surface area contributed by atoms with Gasteiger partial charge in [0.25, 0.3) is 0 Å². The van der Waals surface area contributed by atoms with E-state index in [0.717, 1.165) is 24.0 Å². The third-order valence-electron chi connectivity index (χ3n) is 4.81. The molecule has 0 aromatic heterocycles. The number of unbranched alkanes of at least 4 members (excludes halogenated alkanes) is 6. The number of rotatable bonds is 12. The number of hydrogen-bond donors (Lipinski definition) is 0. The molecule has 0 aliphatic heterocycles. The second-order valence-electron chi connectivity index (χ2n) is 6.97. The summed E-state index contributed by atoms with van der Waals surface area (Å²) in [6.07, 6.45) is 9.65. The summed E-state index contributed by atoms with van der Waals surface area (Å²) in [5, 5.41) is 0. The molecule has 1 atom stereocenters. The van der Waals surface area contributed by atoms with Crippen molar-refractivity contribution in [2.45, 2.75) is 70.8 Å². The Kier molecular flexibility index (Phi) is 9.56. The number of esters is 1. The van der Waals surface area contributed by atoms with Crippen LogP contribution in [0.2, 0.25) is 0 Å². The SMILES string of the molecule is CCCCCCCCCC(C(=O)OCc1ccccc1)c1ccccc1. The van der Waals surface area contributed by atoms with E-state index in [2.05, 4.69) is 6.92 Å². The first-order chi connectivity index (χ1) is 12.8. The summed E-state index contributed by atoms with van der Waals surface area (Å²) < 4.78 is 5.62. The van der Waals surface area contributed by atoms with Crippen LogP contribution in [0.5, 0.6) is 0 Å². The second-order valence-corrected chi connectivity index (χ2v) is 6.97. The molecule has 0 bridgehead atoms. The van der Waals surface area contributed by atoms with Crippen molar-refractivity contribution in [3.05, 3.63) is 71.8 Å². The molecule has 1 unspecified atom stereocenters. The van der Waals surface area contributed by atoms with Gasteiger partial charge in [0, 0.05) is 0 Å². The van der Waals surface area contributed by atoms with E-state index in [4.69, 9.17) is 4.74 Å². The normalized spacial score (nSPS) is 11.9. The first-order valence-corrected chi connectivity index (χ1v) is 10.1. The highest BCUT2D eigenvalue weighted by molar-refractivity contribution is 5.78. The third kappa shape index (κ3) is 7.43. The minimum atomic E-state index is -0.157. The van der Waals surface area contributed by atoms with Crippen molar-refractivity contribution in [3.8, 4) is 0 Å². The van der Waals surface area contributed by atoms with Crippen molar-refractivity contribution in [1.29, 1.82) is 0 Å². The van der Waals surface area contributed by atoms with Crippen LogP contribution in [0.3, 0.4) is 0 Å². The summed E-state index contributed by atoms with van der Waals surface area (Å²) in [4.78, 5) is 12.7. The number of carbonyl (C=O) groups is 1. The summed E-state index contributed by atoms with van der Waals surface area (Å²) in [6, 6.07) is 19.9. The Labute approximate surface area is 158 Å². The van der Waals surface area contributed by atoms with Crippen molar-refractivity contribution in [3.63, 3.8) is 0 Å². The van der Waals surface area contributed by atoms with Crippen LogP contribution >= 0.6 is 0 Å². The zero-order chi connectivity index (χ0) is 18.5. The minimum absolute atomic E-state index is 0.106. The summed E-state index contributed by atoms with van der Waals surface area (Å²) >= 11 is 0. The van der Waals surface area contributed by atoms with Gasteiger partial charge in [-0.1, -0.05) is 113 Å². The van der Waals surface area contributed by atoms with Gasteiger partial charge in [-0.2, -0.15) is 0 Å². The molecule has 2 rings (SSSR count). The third-order valence-corrected chi connectivity index (χ3v) is 4.81. The molecule has 0 N–H and O–H groups in total. The van der Waals surface area contributed by atoms with Gasteiger partial charge < -0.3 is 4.74 Å². The zero-order valence-electron chi connectivity index (χ0n) is 16.0. The molecule has 0 heterocycles. The minimum Gasteiger partial charge on any atom is -0.460 e. The average Bonchev–Trinajstić information content (AvgIpc) is 2.70. The standard InChI is InChI=1S/C24H32O2/c1-2-3-4-5-6-7-14-19-23(22-17-12-9-13-18-22)24(25)26-20-21-15-10-8-11-16-21/h8-13,15-18,23H,2-7,14,19-20H2,1H3. The van der Waals surface area contributed by atoms with Crippen LogP contribution in [0.1, 0.15) is 75.3 Å². The summed E-state index contributed by atoms with van der Waals surface area (Å²) in [5.41, 5.74) is 2.10. The maximum atomic E-state index is 12.7. The van der Waals surface area contributed by atoms with Gasteiger partial charge in [0.2, 0.25) is 0 Å². The maximum absolute atomic E-state index is 12.7. The molecule has 0 fully saturated rings. The largest absolute Gasteiger partial charge is 0.460 e. The highest BCUT2D eigenvalue weighted by atomic mass is 16.5. The van der Waals surface area contributed by atoms with Crippen LogP contribution in [0, 0.1) is 0 Å². The van der Waals surface area contributed by atoms with Crippen molar-refractivity contribution >= 4 is 5.97 Å². The molecule has 0 aliphatic carbocycles. The molecule has 140 valence electrons. The van der Waals surface area contributed by atoms with Crippen LogP contribution in [0.25, 0.3) is 0 Å². The van der Waals surface area contributed by atoms with Crippen LogP contribution in [-0.2, 0) is 16.1 Å². The predicted molar refractivity (Wildman–Crippen MR) is 108 cm³/mol. The fourth-order valence-corrected chi connectivity index (χ4v) is 3.24. The Balaban J connectivity index is 1.84. The first-order valence-electron chi connectivity index (χ1n) is 10.1. The van der Waals surface area contributed by atoms with Crippen molar-refractivity contribution in [1.82, 2.24) is 0 Å². The molecule has 0 spiro atoms. The second kappa shape index (κ2) is 12.3. The number of hydrogen-bond acceptors (Lipinski definition) is 2. The molecule has 0 aliphatic rings. The molecule has 2 heteroatoms. The van der Waals surface area contributed by atoms with E-state index >= 15 is 0 Å². The van der Waals surface area contributed by atoms with Gasteiger partial charge in [-0.15, -0.1) is 0 Å². The van der Waals surface area contributed by atoms with Crippen molar-refractivity contribution < 1.29 is 9.53 Å². The molecule has 2 aromatic carbocycles. The van der Waals surface area contributed by atoms with Gasteiger partial charge in [-0.05, 0) is 17.5 Å². The number of benzene rings is 2. The van der Waals surface area contributed by atoms with Gasteiger partial charge in [0.1, 0.15) is 6.61 Å². The van der Waals surface area contributed by atoms with Gasteiger partial charge in [-0.3, -0.25) is 4.79 Å². The molecule has 26 heavy (non-hydrogen) atoms.